The Bertz CT molecular complexity index is 560. The number of nitrogens with zero attached hydrogens (tertiary/aromatic N) is 3. The van der Waals surface area contributed by atoms with Gasteiger partial charge in [0.1, 0.15) is 12.2 Å². The zero-order valence-corrected chi connectivity index (χ0v) is 11.7. The Morgan fingerprint density at radius 3 is 2.52 bits per heavy atom. The molecule has 0 unspecified atom stereocenters. The van der Waals surface area contributed by atoms with Crippen LogP contribution >= 0.6 is 0 Å². The first-order chi connectivity index (χ1) is 10.0. The molecule has 2 rings (SSSR count). The van der Waals surface area contributed by atoms with Crippen LogP contribution in [0.2, 0.25) is 0 Å². The summed E-state index contributed by atoms with van der Waals surface area (Å²) in [5, 5.41) is 7.33. The van der Waals surface area contributed by atoms with Crippen molar-refractivity contribution in [1.29, 1.82) is 0 Å². The van der Waals surface area contributed by atoms with Crippen LogP contribution in [0.15, 0.2) is 30.6 Å². The topological polar surface area (TPSA) is 42.7 Å². The molecule has 1 N–H and O–H groups in total. The van der Waals surface area contributed by atoms with E-state index in [1.165, 1.54) is 18.5 Å². The van der Waals surface area contributed by atoms with Gasteiger partial charge in [0.05, 0.1) is 18.7 Å². The van der Waals surface area contributed by atoms with Crippen LogP contribution in [-0.4, -0.2) is 21.3 Å². The quantitative estimate of drug-likeness (QED) is 0.834. The van der Waals surface area contributed by atoms with Gasteiger partial charge in [-0.3, -0.25) is 0 Å². The normalized spacial score (nSPS) is 11.8. The fraction of sp³-hybridized carbons (Fsp3) is 0.429. The van der Waals surface area contributed by atoms with Gasteiger partial charge in [0.2, 0.25) is 0 Å². The summed E-state index contributed by atoms with van der Waals surface area (Å²) in [6.45, 7) is 3.95. The number of nitrogens with one attached hydrogen (secondary N) is 1. The molecule has 1 aromatic heterocycles. The highest BCUT2D eigenvalue weighted by molar-refractivity contribution is 5.24. The predicted molar refractivity (Wildman–Crippen MR) is 72.6 cm³/mol. The van der Waals surface area contributed by atoms with Gasteiger partial charge in [0.25, 0.3) is 0 Å². The number of hydrogen-bond acceptors (Lipinski definition) is 3. The maximum absolute atomic E-state index is 12.5. The minimum atomic E-state index is -4.30. The van der Waals surface area contributed by atoms with E-state index in [4.69, 9.17) is 0 Å². The standard InChI is InChI=1S/C14H17F3N4/c1-2-7-18-8-13-19-10-20-21(13)9-11-3-5-12(6-4-11)14(15,16)17/h3-6,10,18H,2,7-9H2,1H3. The van der Waals surface area contributed by atoms with E-state index in [9.17, 15) is 13.2 Å². The van der Waals surface area contributed by atoms with Crippen molar-refractivity contribution in [3.63, 3.8) is 0 Å². The second-order valence-electron chi connectivity index (χ2n) is 4.71. The molecule has 0 radical (unpaired) electrons. The molecule has 7 heteroatoms. The monoisotopic (exact) mass is 298 g/mol. The lowest BCUT2D eigenvalue weighted by atomic mass is 10.1. The van der Waals surface area contributed by atoms with Crippen molar-refractivity contribution in [2.45, 2.75) is 32.6 Å². The van der Waals surface area contributed by atoms with Crippen LogP contribution in [0.25, 0.3) is 0 Å². The largest absolute Gasteiger partial charge is 0.416 e. The first-order valence-corrected chi connectivity index (χ1v) is 6.74. The third kappa shape index (κ3) is 4.29. The van der Waals surface area contributed by atoms with Gasteiger partial charge in [-0.05, 0) is 30.7 Å². The summed E-state index contributed by atoms with van der Waals surface area (Å²) >= 11 is 0. The second kappa shape index (κ2) is 6.71. The van der Waals surface area contributed by atoms with E-state index < -0.39 is 11.7 Å². The van der Waals surface area contributed by atoms with Crippen molar-refractivity contribution in [3.05, 3.63) is 47.5 Å². The molecule has 0 bridgehead atoms. The molecule has 0 amide bonds. The Hall–Kier alpha value is -1.89. The molecule has 0 fully saturated rings. The summed E-state index contributed by atoms with van der Waals surface area (Å²) in [6.07, 6.45) is -1.83. The summed E-state index contributed by atoms with van der Waals surface area (Å²) in [7, 11) is 0. The maximum atomic E-state index is 12.5. The number of alkyl halides is 3. The Balaban J connectivity index is 2.03. The molecule has 21 heavy (non-hydrogen) atoms. The fourth-order valence-electron chi connectivity index (χ4n) is 1.91. The third-order valence-corrected chi connectivity index (χ3v) is 3.02. The molecule has 0 aliphatic rings. The summed E-state index contributed by atoms with van der Waals surface area (Å²) in [5.41, 5.74) is 0.111. The molecule has 2 aromatic rings. The zero-order chi connectivity index (χ0) is 15.3. The van der Waals surface area contributed by atoms with E-state index in [0.29, 0.717) is 13.1 Å². The molecule has 114 valence electrons. The molecule has 1 aromatic carbocycles. The molecule has 0 atom stereocenters. The fourth-order valence-corrected chi connectivity index (χ4v) is 1.91. The van der Waals surface area contributed by atoms with Crippen molar-refractivity contribution < 1.29 is 13.2 Å². The van der Waals surface area contributed by atoms with Gasteiger partial charge in [-0.25, -0.2) is 9.67 Å². The molecule has 1 heterocycles. The Labute approximate surface area is 121 Å². The third-order valence-electron chi connectivity index (χ3n) is 3.02. The summed E-state index contributed by atoms with van der Waals surface area (Å²) < 4.78 is 39.2. The number of hydrogen-bond donors (Lipinski definition) is 1. The van der Waals surface area contributed by atoms with Crippen molar-refractivity contribution in [2.24, 2.45) is 0 Å². The van der Waals surface area contributed by atoms with E-state index in [1.54, 1.807) is 4.68 Å². The minimum absolute atomic E-state index is 0.404. The van der Waals surface area contributed by atoms with Gasteiger partial charge in [-0.2, -0.15) is 18.3 Å². The maximum Gasteiger partial charge on any atom is 0.416 e. The highest BCUT2D eigenvalue weighted by atomic mass is 19.4. The molecule has 0 aliphatic carbocycles. The van der Waals surface area contributed by atoms with Crippen LogP contribution in [0.1, 0.15) is 30.3 Å². The summed E-state index contributed by atoms with van der Waals surface area (Å²) in [6, 6.07) is 5.10. The highest BCUT2D eigenvalue weighted by Crippen LogP contribution is 2.29. The first-order valence-electron chi connectivity index (χ1n) is 6.74. The Kier molecular flexibility index (Phi) is 4.95. The van der Waals surface area contributed by atoms with E-state index >= 15 is 0 Å². The van der Waals surface area contributed by atoms with Gasteiger partial charge in [-0.15, -0.1) is 0 Å². The van der Waals surface area contributed by atoms with Crippen molar-refractivity contribution in [1.82, 2.24) is 20.1 Å². The van der Waals surface area contributed by atoms with Gasteiger partial charge in [0.15, 0.2) is 0 Å². The van der Waals surface area contributed by atoms with Crippen LogP contribution in [0, 0.1) is 0 Å². The van der Waals surface area contributed by atoms with Gasteiger partial charge >= 0.3 is 6.18 Å². The molecular formula is C14H17F3N4. The van der Waals surface area contributed by atoms with E-state index in [1.807, 2.05) is 0 Å². The van der Waals surface area contributed by atoms with Crippen LogP contribution < -0.4 is 5.32 Å². The zero-order valence-electron chi connectivity index (χ0n) is 11.7. The second-order valence-corrected chi connectivity index (χ2v) is 4.71. The van der Waals surface area contributed by atoms with Crippen LogP contribution in [-0.2, 0) is 19.3 Å². The molecule has 0 saturated carbocycles. The SMILES string of the molecule is CCCNCc1ncnn1Cc1ccc(C(F)(F)F)cc1. The summed E-state index contributed by atoms with van der Waals surface area (Å²) in [5.74, 6) is 0.767. The van der Waals surface area contributed by atoms with Crippen molar-refractivity contribution in [2.75, 3.05) is 6.54 Å². The smallest absolute Gasteiger partial charge is 0.310 e. The lowest BCUT2D eigenvalue weighted by Gasteiger charge is -2.09. The lowest BCUT2D eigenvalue weighted by molar-refractivity contribution is -0.137. The molecule has 0 spiro atoms. The highest BCUT2D eigenvalue weighted by Gasteiger charge is 2.29. The lowest BCUT2D eigenvalue weighted by Crippen LogP contribution is -2.18. The van der Waals surface area contributed by atoms with Crippen molar-refractivity contribution in [3.8, 4) is 0 Å². The predicted octanol–water partition coefficient (Wildman–Crippen LogP) is 2.84. The summed E-state index contributed by atoms with van der Waals surface area (Å²) in [4.78, 5) is 4.15. The average Bonchev–Trinajstić information content (AvgIpc) is 2.86. The Morgan fingerprint density at radius 1 is 1.19 bits per heavy atom. The van der Waals surface area contributed by atoms with E-state index in [-0.39, 0.29) is 0 Å². The molecular weight excluding hydrogens is 281 g/mol. The van der Waals surface area contributed by atoms with E-state index in [2.05, 4.69) is 22.3 Å². The molecule has 0 aliphatic heterocycles. The number of halogens is 3. The van der Waals surface area contributed by atoms with Crippen LogP contribution in [0.4, 0.5) is 13.2 Å². The molecule has 0 saturated heterocycles. The minimum Gasteiger partial charge on any atom is -0.310 e. The van der Waals surface area contributed by atoms with Crippen molar-refractivity contribution >= 4 is 0 Å². The number of aromatic nitrogens is 3. The van der Waals surface area contributed by atoms with Crippen LogP contribution in [0.5, 0.6) is 0 Å². The molecule has 4 nitrogen and oxygen atoms in total. The van der Waals surface area contributed by atoms with E-state index in [0.717, 1.165) is 36.5 Å². The Morgan fingerprint density at radius 2 is 1.90 bits per heavy atom. The van der Waals surface area contributed by atoms with Gasteiger partial charge in [0, 0.05) is 0 Å². The van der Waals surface area contributed by atoms with Gasteiger partial charge < -0.3 is 5.32 Å². The van der Waals surface area contributed by atoms with Crippen LogP contribution in [0.3, 0.4) is 0 Å². The number of rotatable bonds is 6. The van der Waals surface area contributed by atoms with Gasteiger partial charge in [-0.1, -0.05) is 19.1 Å². The average molecular weight is 298 g/mol. The number of benzene rings is 1. The first kappa shape index (κ1) is 15.5.